The molecule has 0 saturated carbocycles. The zero-order chi connectivity index (χ0) is 13.6. The third kappa shape index (κ3) is 1.75. The summed E-state index contributed by atoms with van der Waals surface area (Å²) in [5.74, 6) is 0. The average Bonchev–Trinajstić information content (AvgIpc) is 2.94. The number of aromatic amines is 1. The lowest BCUT2D eigenvalue weighted by Crippen LogP contribution is -2.39. The zero-order valence-corrected chi connectivity index (χ0v) is 9.80. The number of rotatable bonds is 2. The Morgan fingerprint density at radius 1 is 1.53 bits per heavy atom. The van der Waals surface area contributed by atoms with Gasteiger partial charge in [-0.3, -0.25) is 9.36 Å². The Morgan fingerprint density at radius 2 is 2.32 bits per heavy atom. The summed E-state index contributed by atoms with van der Waals surface area (Å²) in [5.41, 5.74) is 5.98. The summed E-state index contributed by atoms with van der Waals surface area (Å²) in [6.45, 7) is -0.341. The van der Waals surface area contributed by atoms with E-state index >= 15 is 0 Å². The van der Waals surface area contributed by atoms with Gasteiger partial charge in [0.15, 0.2) is 17.4 Å². The minimum atomic E-state index is -0.991. The zero-order valence-electron chi connectivity index (χ0n) is 9.80. The number of aliphatic hydroxyl groups excluding tert-OH is 2. The van der Waals surface area contributed by atoms with Crippen molar-refractivity contribution in [3.8, 4) is 0 Å². The molecule has 0 aromatic carbocycles. The van der Waals surface area contributed by atoms with Crippen molar-refractivity contribution in [1.29, 1.82) is 0 Å². The molecular weight excluding hydrogens is 254 g/mol. The lowest BCUT2D eigenvalue weighted by molar-refractivity contribution is -0.0437. The molecule has 1 fully saturated rings. The van der Waals surface area contributed by atoms with Crippen LogP contribution in [0.4, 0.5) is 0 Å². The number of aromatic nitrogens is 4. The number of imidazole rings is 1. The van der Waals surface area contributed by atoms with E-state index in [9.17, 15) is 9.90 Å². The van der Waals surface area contributed by atoms with Gasteiger partial charge in [-0.25, -0.2) is 9.97 Å². The van der Waals surface area contributed by atoms with Crippen LogP contribution in [-0.2, 0) is 4.74 Å². The minimum absolute atomic E-state index is 0.167. The SMILES string of the molecule is N[C@H]1[C@@H](O)[C@H](CO)O[C@@H]1n1cnc2c(=O)[nH]cnc21. The van der Waals surface area contributed by atoms with Gasteiger partial charge in [-0.1, -0.05) is 0 Å². The first kappa shape index (κ1) is 12.2. The van der Waals surface area contributed by atoms with E-state index in [1.54, 1.807) is 0 Å². The van der Waals surface area contributed by atoms with Crippen molar-refractivity contribution in [1.82, 2.24) is 19.5 Å². The van der Waals surface area contributed by atoms with Crippen LogP contribution in [0.2, 0.25) is 0 Å². The van der Waals surface area contributed by atoms with Gasteiger partial charge in [0.05, 0.1) is 25.3 Å². The van der Waals surface area contributed by atoms with E-state index in [2.05, 4.69) is 15.0 Å². The number of hydrogen-bond acceptors (Lipinski definition) is 7. The standard InChI is InChI=1S/C10H13N5O4/c11-5-7(17)4(1-16)19-10(5)15-3-14-6-8(15)12-2-13-9(6)18/h2-5,7,10,16-17H,1,11H2,(H,12,13,18)/t4-,5-,7-,10-/m0/s1. The second kappa shape index (κ2) is 4.38. The molecule has 9 nitrogen and oxygen atoms in total. The number of nitrogens with zero attached hydrogens (tertiary/aromatic N) is 3. The Bertz CT molecular complexity index is 653. The molecule has 3 rings (SSSR count). The first-order valence-electron chi connectivity index (χ1n) is 5.73. The molecule has 3 heterocycles. The molecule has 19 heavy (non-hydrogen) atoms. The van der Waals surface area contributed by atoms with Crippen LogP contribution in [0.5, 0.6) is 0 Å². The van der Waals surface area contributed by atoms with Crippen molar-refractivity contribution in [3.63, 3.8) is 0 Å². The van der Waals surface area contributed by atoms with Gasteiger partial charge in [0.1, 0.15) is 12.2 Å². The molecule has 1 aliphatic heterocycles. The van der Waals surface area contributed by atoms with E-state index in [0.29, 0.717) is 5.65 Å². The second-order valence-corrected chi connectivity index (χ2v) is 4.37. The van der Waals surface area contributed by atoms with Crippen LogP contribution >= 0.6 is 0 Å². The summed E-state index contributed by atoms with van der Waals surface area (Å²) >= 11 is 0. The van der Waals surface area contributed by atoms with Gasteiger partial charge in [0.2, 0.25) is 0 Å². The molecule has 102 valence electrons. The molecular formula is C10H13N5O4. The molecule has 5 N–H and O–H groups in total. The van der Waals surface area contributed by atoms with Crippen molar-refractivity contribution in [2.75, 3.05) is 6.61 Å². The van der Waals surface area contributed by atoms with E-state index in [0.717, 1.165) is 0 Å². The largest absolute Gasteiger partial charge is 0.394 e. The Labute approximate surface area is 106 Å². The number of nitrogens with two attached hydrogens (primary N) is 1. The molecule has 4 atom stereocenters. The Hall–Kier alpha value is -1.81. The van der Waals surface area contributed by atoms with Crippen LogP contribution in [0.15, 0.2) is 17.4 Å². The Balaban J connectivity index is 2.06. The highest BCUT2D eigenvalue weighted by atomic mass is 16.5. The normalized spacial score (nSPS) is 31.1. The summed E-state index contributed by atoms with van der Waals surface area (Å²) in [6.07, 6.45) is 0.146. The van der Waals surface area contributed by atoms with Crippen LogP contribution in [0.25, 0.3) is 11.2 Å². The average molecular weight is 267 g/mol. The van der Waals surface area contributed by atoms with Crippen molar-refractivity contribution >= 4 is 11.2 Å². The van der Waals surface area contributed by atoms with Crippen molar-refractivity contribution in [3.05, 3.63) is 23.0 Å². The maximum Gasteiger partial charge on any atom is 0.278 e. The predicted octanol–water partition coefficient (Wildman–Crippen LogP) is -2.30. The summed E-state index contributed by atoms with van der Waals surface area (Å²) in [5, 5.41) is 18.9. The van der Waals surface area contributed by atoms with Gasteiger partial charge >= 0.3 is 0 Å². The molecule has 9 heteroatoms. The van der Waals surface area contributed by atoms with Gasteiger partial charge in [-0.2, -0.15) is 0 Å². The van der Waals surface area contributed by atoms with E-state index in [1.807, 2.05) is 0 Å². The molecule has 1 aliphatic rings. The lowest BCUT2D eigenvalue weighted by atomic mass is 10.1. The summed E-state index contributed by atoms with van der Waals surface area (Å²) in [6, 6.07) is -0.740. The fourth-order valence-electron chi connectivity index (χ4n) is 2.22. The van der Waals surface area contributed by atoms with E-state index < -0.39 is 24.5 Å². The van der Waals surface area contributed by atoms with Crippen LogP contribution in [0.1, 0.15) is 6.23 Å². The van der Waals surface area contributed by atoms with Gasteiger partial charge in [0, 0.05) is 0 Å². The maximum atomic E-state index is 11.5. The number of hydrogen-bond donors (Lipinski definition) is 4. The van der Waals surface area contributed by atoms with E-state index in [-0.39, 0.29) is 17.7 Å². The van der Waals surface area contributed by atoms with Gasteiger partial charge < -0.3 is 25.7 Å². The summed E-state index contributed by atoms with van der Waals surface area (Å²) < 4.78 is 6.95. The maximum absolute atomic E-state index is 11.5. The molecule has 0 spiro atoms. The third-order valence-corrected chi connectivity index (χ3v) is 3.24. The van der Waals surface area contributed by atoms with Gasteiger partial charge in [0.25, 0.3) is 5.56 Å². The summed E-state index contributed by atoms with van der Waals surface area (Å²) in [4.78, 5) is 21.9. The smallest absolute Gasteiger partial charge is 0.278 e. The van der Waals surface area contributed by atoms with E-state index in [4.69, 9.17) is 15.6 Å². The number of nitrogens with one attached hydrogen (secondary N) is 1. The third-order valence-electron chi connectivity index (χ3n) is 3.24. The van der Waals surface area contributed by atoms with Crippen LogP contribution in [0, 0.1) is 0 Å². The molecule has 0 bridgehead atoms. The minimum Gasteiger partial charge on any atom is -0.394 e. The first-order valence-corrected chi connectivity index (χ1v) is 5.73. The Morgan fingerprint density at radius 3 is 3.00 bits per heavy atom. The molecule has 2 aromatic rings. The van der Waals surface area contributed by atoms with Crippen molar-refractivity contribution in [2.45, 2.75) is 24.5 Å². The first-order chi connectivity index (χ1) is 9.13. The highest BCUT2D eigenvalue weighted by Crippen LogP contribution is 2.29. The molecule has 0 radical (unpaired) electrons. The van der Waals surface area contributed by atoms with Crippen LogP contribution < -0.4 is 11.3 Å². The fraction of sp³-hybridized carbons (Fsp3) is 0.500. The number of aliphatic hydroxyl groups is 2. The van der Waals surface area contributed by atoms with Crippen LogP contribution in [0.3, 0.4) is 0 Å². The Kier molecular flexibility index (Phi) is 2.82. The molecule has 2 aromatic heterocycles. The number of fused-ring (bicyclic) bond motifs is 1. The monoisotopic (exact) mass is 267 g/mol. The fourth-order valence-corrected chi connectivity index (χ4v) is 2.22. The molecule has 1 saturated heterocycles. The molecule has 0 unspecified atom stereocenters. The highest BCUT2D eigenvalue weighted by Gasteiger charge is 2.42. The highest BCUT2D eigenvalue weighted by molar-refractivity contribution is 5.68. The van der Waals surface area contributed by atoms with Gasteiger partial charge in [-0.05, 0) is 0 Å². The summed E-state index contributed by atoms with van der Waals surface area (Å²) in [7, 11) is 0. The second-order valence-electron chi connectivity index (χ2n) is 4.37. The quantitative estimate of drug-likeness (QED) is 0.479. The van der Waals surface area contributed by atoms with E-state index in [1.165, 1.54) is 17.2 Å². The topological polar surface area (TPSA) is 139 Å². The predicted molar refractivity (Wildman–Crippen MR) is 63.1 cm³/mol. The number of H-pyrrole nitrogens is 1. The van der Waals surface area contributed by atoms with Crippen molar-refractivity contribution in [2.24, 2.45) is 5.73 Å². The molecule has 0 amide bonds. The van der Waals surface area contributed by atoms with Crippen molar-refractivity contribution < 1.29 is 14.9 Å². The number of ether oxygens (including phenoxy) is 1. The van der Waals surface area contributed by atoms with Crippen LogP contribution in [-0.4, -0.2) is 54.6 Å². The lowest BCUT2D eigenvalue weighted by Gasteiger charge is -2.17. The molecule has 0 aliphatic carbocycles. The van der Waals surface area contributed by atoms with Gasteiger partial charge in [-0.15, -0.1) is 0 Å².